The monoisotopic (exact) mass is 424 g/mol. The number of hydrogen-bond acceptors (Lipinski definition) is 4. The summed E-state index contributed by atoms with van der Waals surface area (Å²) in [6.45, 7) is 2.61. The van der Waals surface area contributed by atoms with Crippen LogP contribution in [-0.4, -0.2) is 27.6 Å². The second-order valence-electron chi connectivity index (χ2n) is 6.97. The zero-order chi connectivity index (χ0) is 20.6. The molecular weight excluding hydrogens is 400 g/mol. The van der Waals surface area contributed by atoms with E-state index in [1.54, 1.807) is 4.90 Å². The minimum absolute atomic E-state index is 0.0188. The Morgan fingerprint density at radius 1 is 1.07 bits per heavy atom. The van der Waals surface area contributed by atoms with E-state index in [4.69, 9.17) is 12.2 Å². The molecule has 0 aromatic heterocycles. The molecule has 0 atom stereocenters. The SMILES string of the molecule is Cc1ccc(NC(=O)CCCCCN2C(=O)/C(=C/c3ccccc3)SC2=S)cc1. The summed E-state index contributed by atoms with van der Waals surface area (Å²) < 4.78 is 0.606. The van der Waals surface area contributed by atoms with Crippen LogP contribution in [-0.2, 0) is 9.59 Å². The van der Waals surface area contributed by atoms with Gasteiger partial charge in [0.05, 0.1) is 4.91 Å². The smallest absolute Gasteiger partial charge is 0.266 e. The highest BCUT2D eigenvalue weighted by molar-refractivity contribution is 8.26. The average Bonchev–Trinajstić information content (AvgIpc) is 2.97. The molecule has 6 heteroatoms. The third kappa shape index (κ3) is 6.27. The Morgan fingerprint density at radius 2 is 1.79 bits per heavy atom. The van der Waals surface area contributed by atoms with Gasteiger partial charge in [-0.1, -0.05) is 78.4 Å². The topological polar surface area (TPSA) is 49.4 Å². The lowest BCUT2D eigenvalue weighted by Crippen LogP contribution is -2.29. The van der Waals surface area contributed by atoms with Crippen molar-refractivity contribution < 1.29 is 9.59 Å². The fourth-order valence-corrected chi connectivity index (χ4v) is 4.29. The molecule has 0 bridgehead atoms. The Hall–Kier alpha value is -2.44. The number of rotatable bonds is 8. The van der Waals surface area contributed by atoms with Crippen molar-refractivity contribution in [1.82, 2.24) is 4.90 Å². The summed E-state index contributed by atoms with van der Waals surface area (Å²) in [7, 11) is 0. The van der Waals surface area contributed by atoms with Crippen LogP contribution in [0.1, 0.15) is 36.8 Å². The maximum Gasteiger partial charge on any atom is 0.266 e. The fraction of sp³-hybridized carbons (Fsp3) is 0.261. The number of anilines is 1. The lowest BCUT2D eigenvalue weighted by molar-refractivity contribution is -0.122. The van der Waals surface area contributed by atoms with Crippen molar-refractivity contribution >= 4 is 51.9 Å². The molecule has 4 nitrogen and oxygen atoms in total. The van der Waals surface area contributed by atoms with Gasteiger partial charge in [-0.2, -0.15) is 0 Å². The number of carbonyl (C=O) groups is 2. The van der Waals surface area contributed by atoms with Crippen molar-refractivity contribution in [3.8, 4) is 0 Å². The lowest BCUT2D eigenvalue weighted by atomic mass is 10.1. The molecule has 0 spiro atoms. The van der Waals surface area contributed by atoms with Crippen LogP contribution in [0.15, 0.2) is 59.5 Å². The molecule has 29 heavy (non-hydrogen) atoms. The number of aryl methyl sites for hydroxylation is 1. The van der Waals surface area contributed by atoms with Gasteiger partial charge in [-0.25, -0.2) is 0 Å². The first-order chi connectivity index (χ1) is 14.0. The van der Waals surface area contributed by atoms with E-state index in [0.717, 1.165) is 36.1 Å². The van der Waals surface area contributed by atoms with Gasteiger partial charge in [0.2, 0.25) is 5.91 Å². The van der Waals surface area contributed by atoms with Gasteiger partial charge in [-0.05, 0) is 43.5 Å². The van der Waals surface area contributed by atoms with Gasteiger partial charge in [-0.15, -0.1) is 0 Å². The van der Waals surface area contributed by atoms with E-state index in [1.165, 1.54) is 11.8 Å². The summed E-state index contributed by atoms with van der Waals surface area (Å²) in [6, 6.07) is 17.5. The van der Waals surface area contributed by atoms with Crippen LogP contribution in [0, 0.1) is 6.92 Å². The third-order valence-corrected chi connectivity index (χ3v) is 5.97. The molecule has 1 fully saturated rings. The van der Waals surface area contributed by atoms with E-state index in [2.05, 4.69) is 5.32 Å². The van der Waals surface area contributed by atoms with Crippen molar-refractivity contribution in [2.24, 2.45) is 0 Å². The standard InChI is InChI=1S/C23H24N2O2S2/c1-17-11-13-19(14-12-17)24-21(26)10-6-3-7-15-25-22(27)20(29-23(25)28)16-18-8-4-2-5-9-18/h2,4-5,8-9,11-14,16H,3,6-7,10,15H2,1H3,(H,24,26)/b20-16-. The van der Waals surface area contributed by atoms with Crippen molar-refractivity contribution in [2.45, 2.75) is 32.6 Å². The Kier molecular flexibility index (Phi) is 7.61. The van der Waals surface area contributed by atoms with Crippen molar-refractivity contribution in [3.05, 3.63) is 70.6 Å². The Bertz CT molecular complexity index is 908. The first kappa shape index (κ1) is 21.3. The van der Waals surface area contributed by atoms with Gasteiger partial charge in [0.1, 0.15) is 4.32 Å². The van der Waals surface area contributed by atoms with E-state index in [1.807, 2.05) is 67.6 Å². The minimum Gasteiger partial charge on any atom is -0.326 e. The molecule has 3 rings (SSSR count). The second-order valence-corrected chi connectivity index (χ2v) is 8.64. The number of nitrogens with one attached hydrogen (secondary N) is 1. The van der Waals surface area contributed by atoms with Gasteiger partial charge in [0.25, 0.3) is 5.91 Å². The summed E-state index contributed by atoms with van der Waals surface area (Å²) in [6.07, 6.45) is 4.83. The van der Waals surface area contributed by atoms with E-state index in [0.29, 0.717) is 22.2 Å². The van der Waals surface area contributed by atoms with Crippen LogP contribution in [0.5, 0.6) is 0 Å². The second kappa shape index (κ2) is 10.4. The first-order valence-electron chi connectivity index (χ1n) is 9.70. The average molecular weight is 425 g/mol. The fourth-order valence-electron chi connectivity index (χ4n) is 2.99. The van der Waals surface area contributed by atoms with E-state index < -0.39 is 0 Å². The molecule has 2 amide bonds. The first-order valence-corrected chi connectivity index (χ1v) is 10.9. The highest BCUT2D eigenvalue weighted by atomic mass is 32.2. The lowest BCUT2D eigenvalue weighted by Gasteiger charge is -2.14. The van der Waals surface area contributed by atoms with Crippen molar-refractivity contribution in [2.75, 3.05) is 11.9 Å². The summed E-state index contributed by atoms with van der Waals surface area (Å²) in [5.74, 6) is -0.00812. The minimum atomic E-state index is -0.0269. The maximum atomic E-state index is 12.6. The molecule has 150 valence electrons. The Balaban J connectivity index is 1.39. The summed E-state index contributed by atoms with van der Waals surface area (Å²) in [5, 5.41) is 2.91. The van der Waals surface area contributed by atoms with E-state index >= 15 is 0 Å². The van der Waals surface area contributed by atoms with E-state index in [-0.39, 0.29) is 11.8 Å². The number of hydrogen-bond donors (Lipinski definition) is 1. The van der Waals surface area contributed by atoms with Crippen LogP contribution in [0.2, 0.25) is 0 Å². The molecule has 1 aliphatic heterocycles. The van der Waals surface area contributed by atoms with Gasteiger partial charge in [0.15, 0.2) is 0 Å². The molecule has 1 aliphatic rings. The predicted molar refractivity (Wildman–Crippen MR) is 125 cm³/mol. The summed E-state index contributed by atoms with van der Waals surface area (Å²) >= 11 is 6.73. The molecule has 2 aromatic carbocycles. The van der Waals surface area contributed by atoms with Gasteiger partial charge in [-0.3, -0.25) is 14.5 Å². The molecule has 1 saturated heterocycles. The van der Waals surface area contributed by atoms with Gasteiger partial charge < -0.3 is 5.32 Å². The van der Waals surface area contributed by atoms with Crippen LogP contribution < -0.4 is 5.32 Å². The number of benzene rings is 2. The van der Waals surface area contributed by atoms with Crippen LogP contribution >= 0.6 is 24.0 Å². The predicted octanol–water partition coefficient (Wildman–Crippen LogP) is 5.40. The van der Waals surface area contributed by atoms with Crippen LogP contribution in [0.4, 0.5) is 5.69 Å². The quantitative estimate of drug-likeness (QED) is 0.350. The Labute approximate surface area is 181 Å². The molecule has 2 aromatic rings. The normalized spacial score (nSPS) is 15.2. The highest BCUT2D eigenvalue weighted by Crippen LogP contribution is 2.32. The molecule has 0 saturated carbocycles. The van der Waals surface area contributed by atoms with Gasteiger partial charge in [0, 0.05) is 18.7 Å². The maximum absolute atomic E-state index is 12.6. The number of unbranched alkanes of at least 4 members (excludes halogenated alkanes) is 2. The molecular formula is C23H24N2O2S2. The number of carbonyl (C=O) groups excluding carboxylic acids is 2. The summed E-state index contributed by atoms with van der Waals surface area (Å²) in [5.41, 5.74) is 2.98. The zero-order valence-corrected chi connectivity index (χ0v) is 18.0. The molecule has 1 heterocycles. The molecule has 1 N–H and O–H groups in total. The van der Waals surface area contributed by atoms with Crippen LogP contribution in [0.25, 0.3) is 6.08 Å². The number of amides is 2. The molecule has 0 radical (unpaired) electrons. The summed E-state index contributed by atoms with van der Waals surface area (Å²) in [4.78, 5) is 27.0. The molecule has 0 unspecified atom stereocenters. The zero-order valence-electron chi connectivity index (χ0n) is 16.4. The largest absolute Gasteiger partial charge is 0.326 e. The number of thioether (sulfide) groups is 1. The third-order valence-electron chi connectivity index (χ3n) is 4.59. The van der Waals surface area contributed by atoms with Crippen molar-refractivity contribution in [3.63, 3.8) is 0 Å². The van der Waals surface area contributed by atoms with Crippen LogP contribution in [0.3, 0.4) is 0 Å². The van der Waals surface area contributed by atoms with Crippen molar-refractivity contribution in [1.29, 1.82) is 0 Å². The number of thiocarbonyl (C=S) groups is 1. The molecule has 0 aliphatic carbocycles. The Morgan fingerprint density at radius 3 is 2.52 bits per heavy atom. The number of nitrogens with zero attached hydrogens (tertiary/aromatic N) is 1. The van der Waals surface area contributed by atoms with Gasteiger partial charge >= 0.3 is 0 Å². The highest BCUT2D eigenvalue weighted by Gasteiger charge is 2.31. The van der Waals surface area contributed by atoms with E-state index in [9.17, 15) is 9.59 Å².